The van der Waals surface area contributed by atoms with E-state index in [1.54, 1.807) is 28.2 Å². The summed E-state index contributed by atoms with van der Waals surface area (Å²) in [5.41, 5.74) is 2.13. The second-order valence-electron chi connectivity index (χ2n) is 6.27. The Labute approximate surface area is 168 Å². The quantitative estimate of drug-likeness (QED) is 0.619. The molecule has 0 bridgehead atoms. The molecule has 2 aromatic carbocycles. The lowest BCUT2D eigenvalue weighted by Crippen LogP contribution is -2.26. The topological polar surface area (TPSA) is 57.2 Å². The van der Waals surface area contributed by atoms with E-state index in [-0.39, 0.29) is 24.0 Å². The van der Waals surface area contributed by atoms with E-state index in [9.17, 15) is 13.6 Å². The second kappa shape index (κ2) is 9.95. The average Bonchev–Trinajstić information content (AvgIpc) is 2.69. The van der Waals surface area contributed by atoms with Crippen LogP contribution >= 0.6 is 0 Å². The highest BCUT2D eigenvalue weighted by Gasteiger charge is 2.18. The van der Waals surface area contributed by atoms with Crippen molar-refractivity contribution in [1.82, 2.24) is 4.90 Å². The molecule has 6 nitrogen and oxygen atoms in total. The summed E-state index contributed by atoms with van der Waals surface area (Å²) in [5, 5.41) is 0. The summed E-state index contributed by atoms with van der Waals surface area (Å²) >= 11 is 0. The zero-order valence-electron chi connectivity index (χ0n) is 17.1. The van der Waals surface area contributed by atoms with Crippen molar-refractivity contribution in [3.05, 3.63) is 47.0 Å². The lowest BCUT2D eigenvalue weighted by Gasteiger charge is -2.21. The first-order valence-electron chi connectivity index (χ1n) is 8.99. The number of carbonyl (C=O) groups is 1. The number of hydrogen-bond donors (Lipinski definition) is 0. The van der Waals surface area contributed by atoms with Crippen LogP contribution in [0, 0.1) is 6.92 Å². The summed E-state index contributed by atoms with van der Waals surface area (Å²) in [6, 6.07) is 7.81. The van der Waals surface area contributed by atoms with E-state index in [0.717, 1.165) is 11.1 Å². The number of halogens is 2. The van der Waals surface area contributed by atoms with E-state index >= 15 is 0 Å². The summed E-state index contributed by atoms with van der Waals surface area (Å²) in [6.45, 7) is 1.22. The Kier molecular flexibility index (Phi) is 7.64. The third-order valence-electron chi connectivity index (χ3n) is 4.30. The number of benzene rings is 2. The van der Waals surface area contributed by atoms with Gasteiger partial charge in [0.25, 0.3) is 5.91 Å². The molecule has 29 heavy (non-hydrogen) atoms. The lowest BCUT2D eigenvalue weighted by molar-refractivity contribution is -0.0514. The smallest absolute Gasteiger partial charge is 0.387 e. The Morgan fingerprint density at radius 1 is 1.03 bits per heavy atom. The van der Waals surface area contributed by atoms with E-state index in [4.69, 9.17) is 14.2 Å². The molecule has 0 radical (unpaired) electrons. The number of hydrogen-bond acceptors (Lipinski definition) is 5. The summed E-state index contributed by atoms with van der Waals surface area (Å²) in [4.78, 5) is 14.4. The number of nitrogens with zero attached hydrogens (tertiary/aromatic N) is 1. The van der Waals surface area contributed by atoms with Crippen molar-refractivity contribution in [1.29, 1.82) is 0 Å². The Balaban J connectivity index is 2.25. The first kappa shape index (κ1) is 22.3. The molecule has 0 unspecified atom stereocenters. The maximum atomic E-state index is 12.9. The van der Waals surface area contributed by atoms with Crippen LogP contribution in [0.5, 0.6) is 23.0 Å². The van der Waals surface area contributed by atoms with Crippen LogP contribution < -0.4 is 18.9 Å². The van der Waals surface area contributed by atoms with Crippen LogP contribution in [-0.4, -0.2) is 45.3 Å². The van der Waals surface area contributed by atoms with Gasteiger partial charge in [-0.15, -0.1) is 0 Å². The number of ether oxygens (including phenoxy) is 4. The molecule has 0 aliphatic rings. The zero-order valence-corrected chi connectivity index (χ0v) is 17.1. The van der Waals surface area contributed by atoms with E-state index in [2.05, 4.69) is 4.74 Å². The predicted molar refractivity (Wildman–Crippen MR) is 104 cm³/mol. The third-order valence-corrected chi connectivity index (χ3v) is 4.30. The number of rotatable bonds is 9. The highest BCUT2D eigenvalue weighted by molar-refractivity contribution is 5.94. The van der Waals surface area contributed by atoms with Crippen LogP contribution in [0.4, 0.5) is 8.78 Å². The van der Waals surface area contributed by atoms with Gasteiger partial charge in [-0.1, -0.05) is 0 Å². The number of aryl methyl sites for hydroxylation is 1. The highest BCUT2D eigenvalue weighted by atomic mass is 19.3. The minimum Gasteiger partial charge on any atom is -0.493 e. The summed E-state index contributed by atoms with van der Waals surface area (Å²) in [5.74, 6) is 0.870. The van der Waals surface area contributed by atoms with Gasteiger partial charge in [-0.2, -0.15) is 8.78 Å². The van der Waals surface area contributed by atoms with E-state index in [1.165, 1.54) is 23.1 Å². The molecule has 2 aromatic rings. The van der Waals surface area contributed by atoms with Crippen molar-refractivity contribution in [3.63, 3.8) is 0 Å². The average molecular weight is 409 g/mol. The number of alkyl halides is 2. The van der Waals surface area contributed by atoms with Crippen LogP contribution in [0.25, 0.3) is 0 Å². The van der Waals surface area contributed by atoms with Crippen molar-refractivity contribution >= 4 is 5.91 Å². The van der Waals surface area contributed by atoms with Crippen LogP contribution in [0.15, 0.2) is 30.3 Å². The minimum atomic E-state index is -2.98. The Morgan fingerprint density at radius 3 is 2.28 bits per heavy atom. The number of carbonyl (C=O) groups excluding carboxylic acids is 1. The minimum absolute atomic E-state index is 0.0920. The molecule has 0 saturated heterocycles. The van der Waals surface area contributed by atoms with Gasteiger partial charge in [-0.25, -0.2) is 0 Å². The molecule has 158 valence electrons. The fraction of sp³-hybridized carbons (Fsp3) is 0.381. The van der Waals surface area contributed by atoms with Gasteiger partial charge in [0.2, 0.25) is 0 Å². The molecule has 0 N–H and O–H groups in total. The highest BCUT2D eigenvalue weighted by Crippen LogP contribution is 2.32. The van der Waals surface area contributed by atoms with Crippen molar-refractivity contribution in [3.8, 4) is 23.0 Å². The maximum absolute atomic E-state index is 12.9. The fourth-order valence-electron chi connectivity index (χ4n) is 2.84. The van der Waals surface area contributed by atoms with E-state index < -0.39 is 6.61 Å². The van der Waals surface area contributed by atoms with Gasteiger partial charge in [0, 0.05) is 19.2 Å². The maximum Gasteiger partial charge on any atom is 0.387 e. The molecule has 0 saturated carbocycles. The predicted octanol–water partition coefficient (Wildman–Crippen LogP) is 4.28. The van der Waals surface area contributed by atoms with Gasteiger partial charge >= 0.3 is 6.61 Å². The molecule has 1 amide bonds. The van der Waals surface area contributed by atoms with Gasteiger partial charge in [-0.3, -0.25) is 4.79 Å². The monoisotopic (exact) mass is 409 g/mol. The largest absolute Gasteiger partial charge is 0.493 e. The summed E-state index contributed by atoms with van der Waals surface area (Å²) < 4.78 is 45.5. The molecule has 0 fully saturated rings. The standard InChI is InChI=1S/C21H25F2NO5/c1-6-28-19-10-14(7-8-16(19)29-21(22)23)20(25)24(3)12-15-11-18(27-5)17(26-4)9-13(15)2/h7-11,21H,6,12H2,1-5H3. The summed E-state index contributed by atoms with van der Waals surface area (Å²) in [6.07, 6.45) is 0. The van der Waals surface area contributed by atoms with Crippen LogP contribution in [0.3, 0.4) is 0 Å². The fourth-order valence-corrected chi connectivity index (χ4v) is 2.84. The Morgan fingerprint density at radius 2 is 1.69 bits per heavy atom. The van der Waals surface area contributed by atoms with Crippen LogP contribution in [0.1, 0.15) is 28.4 Å². The third kappa shape index (κ3) is 5.49. The van der Waals surface area contributed by atoms with E-state index in [0.29, 0.717) is 23.6 Å². The molecular weight excluding hydrogens is 384 g/mol. The number of amides is 1. The zero-order chi connectivity index (χ0) is 21.6. The van der Waals surface area contributed by atoms with Crippen molar-refractivity contribution in [2.45, 2.75) is 27.0 Å². The molecule has 2 rings (SSSR count). The van der Waals surface area contributed by atoms with Gasteiger partial charge in [0.05, 0.1) is 20.8 Å². The Bertz CT molecular complexity index is 857. The van der Waals surface area contributed by atoms with Gasteiger partial charge in [0.15, 0.2) is 23.0 Å². The molecular formula is C21H25F2NO5. The van der Waals surface area contributed by atoms with Gasteiger partial charge in [-0.05, 0) is 55.3 Å². The van der Waals surface area contributed by atoms with Crippen molar-refractivity contribution in [2.75, 3.05) is 27.9 Å². The molecule has 0 aliphatic heterocycles. The molecule has 0 atom stereocenters. The summed E-state index contributed by atoms with van der Waals surface area (Å²) in [7, 11) is 4.76. The normalized spacial score (nSPS) is 10.6. The first-order chi connectivity index (χ1) is 13.8. The van der Waals surface area contributed by atoms with Gasteiger partial charge in [0.1, 0.15) is 0 Å². The van der Waals surface area contributed by atoms with E-state index in [1.807, 2.05) is 19.1 Å². The molecule has 0 spiro atoms. The number of methoxy groups -OCH3 is 2. The lowest BCUT2D eigenvalue weighted by atomic mass is 10.1. The molecule has 0 heterocycles. The molecule has 0 aromatic heterocycles. The van der Waals surface area contributed by atoms with Crippen molar-refractivity contribution in [2.24, 2.45) is 0 Å². The first-order valence-corrected chi connectivity index (χ1v) is 8.99. The van der Waals surface area contributed by atoms with Crippen LogP contribution in [0.2, 0.25) is 0 Å². The Hall–Kier alpha value is -3.03. The second-order valence-corrected chi connectivity index (χ2v) is 6.27. The molecule has 0 aliphatic carbocycles. The van der Waals surface area contributed by atoms with Crippen LogP contribution in [-0.2, 0) is 6.54 Å². The molecule has 8 heteroatoms. The SMILES string of the molecule is CCOc1cc(C(=O)N(C)Cc2cc(OC)c(OC)cc2C)ccc1OC(F)F. The van der Waals surface area contributed by atoms with Gasteiger partial charge < -0.3 is 23.8 Å². The van der Waals surface area contributed by atoms with Crippen molar-refractivity contribution < 1.29 is 32.5 Å².